The molecular formula is C18H17BrN2O2S. The molecule has 0 aliphatic heterocycles. The van der Waals surface area contributed by atoms with Crippen LogP contribution in [0.3, 0.4) is 0 Å². The minimum atomic E-state index is -0.267. The van der Waals surface area contributed by atoms with Gasteiger partial charge >= 0.3 is 0 Å². The molecule has 124 valence electrons. The first-order valence-electron chi connectivity index (χ1n) is 7.73. The molecule has 1 aromatic heterocycles. The molecule has 1 heterocycles. The number of benzene rings is 1. The van der Waals surface area contributed by atoms with Crippen molar-refractivity contribution >= 4 is 38.2 Å². The zero-order valence-corrected chi connectivity index (χ0v) is 15.9. The van der Waals surface area contributed by atoms with Gasteiger partial charge in [-0.1, -0.05) is 22.9 Å². The van der Waals surface area contributed by atoms with Crippen LogP contribution in [-0.2, 0) is 12.8 Å². The van der Waals surface area contributed by atoms with Gasteiger partial charge in [-0.25, -0.2) is 0 Å². The number of fused-ring (bicyclic) bond motifs is 1. The Morgan fingerprint density at radius 1 is 1.50 bits per heavy atom. The van der Waals surface area contributed by atoms with E-state index in [1.54, 1.807) is 12.1 Å². The lowest BCUT2D eigenvalue weighted by atomic mass is 9.88. The average Bonchev–Trinajstić information content (AvgIpc) is 2.90. The summed E-state index contributed by atoms with van der Waals surface area (Å²) in [5, 5.41) is 13.1. The molecule has 0 bridgehead atoms. The first-order valence-corrected chi connectivity index (χ1v) is 9.34. The van der Waals surface area contributed by atoms with Crippen molar-refractivity contribution in [3.63, 3.8) is 0 Å². The third kappa shape index (κ3) is 3.19. The van der Waals surface area contributed by atoms with Gasteiger partial charge in [-0.3, -0.25) is 4.79 Å². The summed E-state index contributed by atoms with van der Waals surface area (Å²) in [6.45, 7) is 2.22. The molecule has 1 aliphatic rings. The van der Waals surface area contributed by atoms with E-state index >= 15 is 0 Å². The lowest BCUT2D eigenvalue weighted by Gasteiger charge is -2.17. The number of ether oxygens (including phenoxy) is 1. The highest BCUT2D eigenvalue weighted by Crippen LogP contribution is 2.39. The first-order chi connectivity index (χ1) is 11.5. The summed E-state index contributed by atoms with van der Waals surface area (Å²) in [4.78, 5) is 13.9. The van der Waals surface area contributed by atoms with E-state index in [1.165, 1.54) is 23.3 Å². The van der Waals surface area contributed by atoms with Gasteiger partial charge in [0.25, 0.3) is 5.91 Å². The van der Waals surface area contributed by atoms with E-state index in [9.17, 15) is 10.1 Å². The summed E-state index contributed by atoms with van der Waals surface area (Å²) in [6.07, 6.45) is 2.97. The molecule has 0 radical (unpaired) electrons. The number of nitrogens with zero attached hydrogens (tertiary/aromatic N) is 1. The smallest absolute Gasteiger partial charge is 0.260 e. The maximum Gasteiger partial charge on any atom is 0.260 e. The minimum absolute atomic E-state index is 0.267. The van der Waals surface area contributed by atoms with Crippen LogP contribution >= 0.6 is 27.3 Å². The van der Waals surface area contributed by atoms with Gasteiger partial charge in [0, 0.05) is 9.35 Å². The van der Waals surface area contributed by atoms with Crippen LogP contribution in [0.4, 0.5) is 5.00 Å². The van der Waals surface area contributed by atoms with E-state index in [-0.39, 0.29) is 5.91 Å². The monoisotopic (exact) mass is 404 g/mol. The number of nitriles is 1. The largest absolute Gasteiger partial charge is 0.496 e. The predicted molar refractivity (Wildman–Crippen MR) is 98.9 cm³/mol. The molecule has 1 aromatic carbocycles. The first kappa shape index (κ1) is 17.0. The molecular weight excluding hydrogens is 388 g/mol. The topological polar surface area (TPSA) is 62.1 Å². The van der Waals surface area contributed by atoms with Gasteiger partial charge in [-0.05, 0) is 48.9 Å². The van der Waals surface area contributed by atoms with Gasteiger partial charge in [0.05, 0.1) is 18.2 Å². The second-order valence-corrected chi connectivity index (χ2v) is 7.99. The van der Waals surface area contributed by atoms with Crippen LogP contribution in [0, 0.1) is 17.2 Å². The van der Waals surface area contributed by atoms with Crippen molar-refractivity contribution in [1.29, 1.82) is 5.26 Å². The summed E-state index contributed by atoms with van der Waals surface area (Å²) in [6, 6.07) is 7.55. The van der Waals surface area contributed by atoms with Crippen LogP contribution in [0.2, 0.25) is 0 Å². The molecule has 2 aromatic rings. The standard InChI is InChI=1S/C18H17BrN2O2S/c1-10-3-5-12-14(9-20)18(24-16(12)7-10)21-17(22)13-8-11(19)4-6-15(13)23-2/h4,6,8,10H,3,5,7H2,1-2H3,(H,21,22)/t10-/m1/s1. The van der Waals surface area contributed by atoms with Crippen molar-refractivity contribution in [1.82, 2.24) is 0 Å². The lowest BCUT2D eigenvalue weighted by Crippen LogP contribution is -2.13. The SMILES string of the molecule is COc1ccc(Br)cc1C(=O)Nc1sc2c(c1C#N)CC[C@@H](C)C2. The highest BCUT2D eigenvalue weighted by Gasteiger charge is 2.25. The number of anilines is 1. The summed E-state index contributed by atoms with van der Waals surface area (Å²) >= 11 is 4.90. The maximum absolute atomic E-state index is 12.7. The van der Waals surface area contributed by atoms with Crippen LogP contribution in [0.1, 0.15) is 39.7 Å². The van der Waals surface area contributed by atoms with Crippen LogP contribution in [-0.4, -0.2) is 13.0 Å². The number of amides is 1. The van der Waals surface area contributed by atoms with E-state index in [0.717, 1.165) is 29.3 Å². The molecule has 0 saturated carbocycles. The molecule has 3 rings (SSSR count). The van der Waals surface area contributed by atoms with Crippen molar-refractivity contribution in [3.05, 3.63) is 44.2 Å². The molecule has 6 heteroatoms. The number of hydrogen-bond donors (Lipinski definition) is 1. The summed E-state index contributed by atoms with van der Waals surface area (Å²) in [5.41, 5.74) is 2.16. The number of hydrogen-bond acceptors (Lipinski definition) is 4. The van der Waals surface area contributed by atoms with Crippen molar-refractivity contribution in [2.75, 3.05) is 12.4 Å². The Morgan fingerprint density at radius 2 is 2.29 bits per heavy atom. The predicted octanol–water partition coefficient (Wildman–Crippen LogP) is 4.77. The molecule has 0 fully saturated rings. The van der Waals surface area contributed by atoms with Gasteiger partial charge in [-0.15, -0.1) is 11.3 Å². The minimum Gasteiger partial charge on any atom is -0.496 e. The molecule has 24 heavy (non-hydrogen) atoms. The fourth-order valence-electron chi connectivity index (χ4n) is 2.99. The molecule has 0 saturated heterocycles. The Kier molecular flexibility index (Phi) is 4.93. The maximum atomic E-state index is 12.7. The molecule has 0 unspecified atom stereocenters. The van der Waals surface area contributed by atoms with Crippen molar-refractivity contribution in [2.45, 2.75) is 26.2 Å². The van der Waals surface area contributed by atoms with Crippen molar-refractivity contribution in [3.8, 4) is 11.8 Å². The van der Waals surface area contributed by atoms with Gasteiger partial charge in [0.15, 0.2) is 0 Å². The number of rotatable bonds is 3. The Hall–Kier alpha value is -1.84. The second-order valence-electron chi connectivity index (χ2n) is 5.97. The van der Waals surface area contributed by atoms with Crippen molar-refractivity contribution in [2.24, 2.45) is 5.92 Å². The Bertz CT molecular complexity index is 838. The lowest BCUT2D eigenvalue weighted by molar-refractivity contribution is 0.102. The third-order valence-corrected chi connectivity index (χ3v) is 5.92. The summed E-state index contributed by atoms with van der Waals surface area (Å²) in [7, 11) is 1.53. The Morgan fingerprint density at radius 3 is 3.00 bits per heavy atom. The Labute approximate surface area is 153 Å². The second kappa shape index (κ2) is 6.96. The number of halogens is 1. The fraction of sp³-hybridized carbons (Fsp3) is 0.333. The van der Waals surface area contributed by atoms with E-state index in [4.69, 9.17) is 4.74 Å². The number of nitrogens with one attached hydrogen (secondary N) is 1. The van der Waals surface area contributed by atoms with E-state index in [0.29, 0.717) is 27.8 Å². The number of methoxy groups -OCH3 is 1. The van der Waals surface area contributed by atoms with Crippen LogP contribution in [0.15, 0.2) is 22.7 Å². The van der Waals surface area contributed by atoms with Gasteiger partial charge in [0.2, 0.25) is 0 Å². The highest BCUT2D eigenvalue weighted by molar-refractivity contribution is 9.10. The molecule has 1 N–H and O–H groups in total. The molecule has 4 nitrogen and oxygen atoms in total. The normalized spacial score (nSPS) is 16.2. The summed E-state index contributed by atoms with van der Waals surface area (Å²) < 4.78 is 6.07. The Balaban J connectivity index is 1.93. The van der Waals surface area contributed by atoms with E-state index in [2.05, 4.69) is 34.2 Å². The van der Waals surface area contributed by atoms with Crippen LogP contribution in [0.5, 0.6) is 5.75 Å². The fourth-order valence-corrected chi connectivity index (χ4v) is 4.70. The van der Waals surface area contributed by atoms with Gasteiger partial charge in [0.1, 0.15) is 16.8 Å². The quantitative estimate of drug-likeness (QED) is 0.801. The van der Waals surface area contributed by atoms with Crippen LogP contribution in [0.25, 0.3) is 0 Å². The van der Waals surface area contributed by atoms with Gasteiger partial charge < -0.3 is 10.1 Å². The van der Waals surface area contributed by atoms with Crippen LogP contribution < -0.4 is 10.1 Å². The van der Waals surface area contributed by atoms with Gasteiger partial charge in [-0.2, -0.15) is 5.26 Å². The molecule has 0 spiro atoms. The highest BCUT2D eigenvalue weighted by atomic mass is 79.9. The molecule has 1 amide bonds. The van der Waals surface area contributed by atoms with Crippen molar-refractivity contribution < 1.29 is 9.53 Å². The number of thiophene rings is 1. The third-order valence-electron chi connectivity index (χ3n) is 4.26. The zero-order valence-electron chi connectivity index (χ0n) is 13.5. The van der Waals surface area contributed by atoms with E-state index < -0.39 is 0 Å². The molecule has 1 atom stereocenters. The van der Waals surface area contributed by atoms with E-state index in [1.807, 2.05) is 6.07 Å². The molecule has 1 aliphatic carbocycles. The summed E-state index contributed by atoms with van der Waals surface area (Å²) in [5.74, 6) is 0.858. The zero-order chi connectivity index (χ0) is 17.3. The number of carbonyl (C=O) groups excluding carboxylic acids is 1. The number of carbonyl (C=O) groups is 1. The average molecular weight is 405 g/mol.